The first-order valence-electron chi connectivity index (χ1n) is 8.02. The van der Waals surface area contributed by atoms with Gasteiger partial charge in [-0.05, 0) is 24.3 Å². The van der Waals surface area contributed by atoms with Crippen molar-refractivity contribution in [2.45, 2.75) is 6.42 Å². The summed E-state index contributed by atoms with van der Waals surface area (Å²) in [5.41, 5.74) is 0.958. The van der Waals surface area contributed by atoms with E-state index < -0.39 is 5.91 Å². The van der Waals surface area contributed by atoms with Gasteiger partial charge in [-0.15, -0.1) is 10.2 Å². The summed E-state index contributed by atoms with van der Waals surface area (Å²) in [4.78, 5) is 27.8. The van der Waals surface area contributed by atoms with E-state index in [1.807, 2.05) is 28.8 Å². The molecule has 3 heterocycles. The molecule has 0 atom stereocenters. The Labute approximate surface area is 152 Å². The standard InChI is InChI=1S/C18H14ClN5O2/c19-13-5-3-4-11-16(13)21-10-12(17(11)25)18(26)20-8-7-15-23-22-14-6-1-2-9-24(14)15/h1-6,9-10H,7-8H2,(H,20,26)(H,21,25). The number of halogens is 1. The minimum atomic E-state index is -0.443. The highest BCUT2D eigenvalue weighted by atomic mass is 35.5. The molecule has 1 amide bonds. The van der Waals surface area contributed by atoms with Gasteiger partial charge in [-0.3, -0.25) is 14.0 Å². The van der Waals surface area contributed by atoms with E-state index in [9.17, 15) is 9.59 Å². The molecule has 3 aromatic heterocycles. The maximum atomic E-state index is 12.5. The number of aromatic amines is 1. The Morgan fingerprint density at radius 3 is 2.96 bits per heavy atom. The van der Waals surface area contributed by atoms with E-state index in [4.69, 9.17) is 11.6 Å². The number of H-pyrrole nitrogens is 1. The first-order valence-corrected chi connectivity index (χ1v) is 8.39. The lowest BCUT2D eigenvalue weighted by Gasteiger charge is -2.06. The SMILES string of the molecule is O=C(NCCc1nnc2ccccn12)c1c[nH]c2c(Cl)cccc2c1=O. The van der Waals surface area contributed by atoms with Gasteiger partial charge < -0.3 is 10.3 Å². The fraction of sp³-hybridized carbons (Fsp3) is 0.111. The molecule has 7 nitrogen and oxygen atoms in total. The summed E-state index contributed by atoms with van der Waals surface area (Å²) < 4.78 is 1.86. The van der Waals surface area contributed by atoms with Crippen molar-refractivity contribution in [2.24, 2.45) is 0 Å². The van der Waals surface area contributed by atoms with Gasteiger partial charge in [0.15, 0.2) is 5.65 Å². The number of carbonyl (C=O) groups excluding carboxylic acids is 1. The lowest BCUT2D eigenvalue weighted by molar-refractivity contribution is 0.0952. The van der Waals surface area contributed by atoms with Crippen molar-refractivity contribution in [2.75, 3.05) is 6.54 Å². The highest BCUT2D eigenvalue weighted by Gasteiger charge is 2.14. The largest absolute Gasteiger partial charge is 0.359 e. The van der Waals surface area contributed by atoms with Gasteiger partial charge in [0, 0.05) is 30.7 Å². The first kappa shape index (κ1) is 16.3. The number of benzene rings is 1. The Hall–Kier alpha value is -3.19. The molecule has 0 saturated carbocycles. The number of fused-ring (bicyclic) bond motifs is 2. The molecule has 0 radical (unpaired) electrons. The van der Waals surface area contributed by atoms with Gasteiger partial charge in [0.2, 0.25) is 5.43 Å². The number of aromatic nitrogens is 4. The maximum Gasteiger partial charge on any atom is 0.256 e. The third kappa shape index (κ3) is 2.82. The number of carbonyl (C=O) groups is 1. The molecule has 0 bridgehead atoms. The van der Waals surface area contributed by atoms with Crippen LogP contribution in [-0.2, 0) is 6.42 Å². The number of amides is 1. The third-order valence-electron chi connectivity index (χ3n) is 4.13. The van der Waals surface area contributed by atoms with Crippen LogP contribution < -0.4 is 10.7 Å². The topological polar surface area (TPSA) is 92.2 Å². The third-order valence-corrected chi connectivity index (χ3v) is 4.44. The lowest BCUT2D eigenvalue weighted by atomic mass is 10.1. The zero-order valence-corrected chi connectivity index (χ0v) is 14.3. The summed E-state index contributed by atoms with van der Waals surface area (Å²) in [5, 5.41) is 11.7. The normalized spacial score (nSPS) is 11.1. The van der Waals surface area contributed by atoms with Crippen molar-refractivity contribution in [3.05, 3.63) is 75.4 Å². The number of nitrogens with one attached hydrogen (secondary N) is 2. The van der Waals surface area contributed by atoms with Crippen molar-refractivity contribution < 1.29 is 4.79 Å². The molecule has 0 aliphatic heterocycles. The molecular weight excluding hydrogens is 354 g/mol. The van der Waals surface area contributed by atoms with Crippen molar-refractivity contribution in [3.8, 4) is 0 Å². The number of rotatable bonds is 4. The van der Waals surface area contributed by atoms with Gasteiger partial charge in [-0.1, -0.05) is 23.7 Å². The summed E-state index contributed by atoms with van der Waals surface area (Å²) in [5.74, 6) is 0.294. The highest BCUT2D eigenvalue weighted by molar-refractivity contribution is 6.35. The number of pyridine rings is 2. The van der Waals surface area contributed by atoms with Gasteiger partial charge in [-0.2, -0.15) is 0 Å². The average molecular weight is 368 g/mol. The van der Waals surface area contributed by atoms with Crippen LogP contribution in [0.3, 0.4) is 0 Å². The van der Waals surface area contributed by atoms with Gasteiger partial charge in [-0.25, -0.2) is 0 Å². The Morgan fingerprint density at radius 2 is 2.08 bits per heavy atom. The molecule has 26 heavy (non-hydrogen) atoms. The van der Waals surface area contributed by atoms with Crippen molar-refractivity contribution in [3.63, 3.8) is 0 Å². The minimum Gasteiger partial charge on any atom is -0.359 e. The van der Waals surface area contributed by atoms with Crippen LogP contribution in [0, 0.1) is 0 Å². The lowest BCUT2D eigenvalue weighted by Crippen LogP contribution is -2.30. The van der Waals surface area contributed by atoms with E-state index in [0.717, 1.165) is 11.5 Å². The van der Waals surface area contributed by atoms with Crippen LogP contribution >= 0.6 is 11.6 Å². The van der Waals surface area contributed by atoms with E-state index in [1.54, 1.807) is 18.2 Å². The summed E-state index contributed by atoms with van der Waals surface area (Å²) in [6.45, 7) is 0.335. The summed E-state index contributed by atoms with van der Waals surface area (Å²) in [7, 11) is 0. The van der Waals surface area contributed by atoms with Gasteiger partial charge in [0.1, 0.15) is 11.4 Å². The Bertz CT molecular complexity index is 1180. The zero-order chi connectivity index (χ0) is 18.1. The highest BCUT2D eigenvalue weighted by Crippen LogP contribution is 2.18. The van der Waals surface area contributed by atoms with Crippen LogP contribution in [0.1, 0.15) is 16.2 Å². The van der Waals surface area contributed by atoms with Crippen molar-refractivity contribution >= 4 is 34.1 Å². The Balaban J connectivity index is 1.51. The summed E-state index contributed by atoms with van der Waals surface area (Å²) in [6, 6.07) is 10.6. The molecular formula is C18H14ClN5O2. The second-order valence-corrected chi connectivity index (χ2v) is 6.15. The fourth-order valence-electron chi connectivity index (χ4n) is 2.83. The molecule has 4 rings (SSSR count). The molecule has 0 aliphatic carbocycles. The molecule has 0 aliphatic rings. The van der Waals surface area contributed by atoms with Crippen LogP contribution in [0.4, 0.5) is 0 Å². The molecule has 0 spiro atoms. The van der Waals surface area contributed by atoms with Crippen LogP contribution in [0.5, 0.6) is 0 Å². The van der Waals surface area contributed by atoms with E-state index >= 15 is 0 Å². The van der Waals surface area contributed by atoms with Gasteiger partial charge in [0.05, 0.1) is 10.5 Å². The molecule has 0 fully saturated rings. The van der Waals surface area contributed by atoms with E-state index in [0.29, 0.717) is 28.9 Å². The Kier molecular flexibility index (Phi) is 4.14. The molecule has 130 valence electrons. The molecule has 1 aromatic carbocycles. The monoisotopic (exact) mass is 367 g/mol. The second kappa shape index (κ2) is 6.61. The number of para-hydroxylation sites is 1. The average Bonchev–Trinajstić information content (AvgIpc) is 3.06. The first-order chi connectivity index (χ1) is 12.6. The van der Waals surface area contributed by atoms with E-state index in [1.165, 1.54) is 6.20 Å². The van der Waals surface area contributed by atoms with Gasteiger partial charge >= 0.3 is 0 Å². The maximum absolute atomic E-state index is 12.5. The molecule has 8 heteroatoms. The molecule has 0 unspecified atom stereocenters. The number of hydrogen-bond acceptors (Lipinski definition) is 4. The predicted molar refractivity (Wildman–Crippen MR) is 98.6 cm³/mol. The summed E-state index contributed by atoms with van der Waals surface area (Å²) >= 11 is 6.06. The summed E-state index contributed by atoms with van der Waals surface area (Å²) in [6.07, 6.45) is 3.75. The Morgan fingerprint density at radius 1 is 1.19 bits per heavy atom. The smallest absolute Gasteiger partial charge is 0.256 e. The van der Waals surface area contributed by atoms with Crippen LogP contribution in [0.2, 0.25) is 5.02 Å². The molecule has 2 N–H and O–H groups in total. The molecule has 0 saturated heterocycles. The van der Waals surface area contributed by atoms with Crippen LogP contribution in [0.15, 0.2) is 53.6 Å². The quantitative estimate of drug-likeness (QED) is 0.578. The van der Waals surface area contributed by atoms with Crippen LogP contribution in [-0.4, -0.2) is 32.0 Å². The van der Waals surface area contributed by atoms with E-state index in [2.05, 4.69) is 20.5 Å². The fourth-order valence-corrected chi connectivity index (χ4v) is 3.06. The minimum absolute atomic E-state index is 0.0471. The van der Waals surface area contributed by atoms with Crippen molar-refractivity contribution in [1.29, 1.82) is 0 Å². The van der Waals surface area contributed by atoms with Gasteiger partial charge in [0.25, 0.3) is 5.91 Å². The second-order valence-electron chi connectivity index (χ2n) is 5.74. The number of nitrogens with zero attached hydrogens (tertiary/aromatic N) is 3. The van der Waals surface area contributed by atoms with Crippen LogP contribution in [0.25, 0.3) is 16.6 Å². The molecule has 4 aromatic rings. The number of hydrogen-bond donors (Lipinski definition) is 2. The zero-order valence-electron chi connectivity index (χ0n) is 13.6. The van der Waals surface area contributed by atoms with Crippen molar-refractivity contribution in [1.82, 2.24) is 24.9 Å². The predicted octanol–water partition coefficient (Wildman–Crippen LogP) is 2.20. The van der Waals surface area contributed by atoms with E-state index in [-0.39, 0.29) is 11.0 Å².